The summed E-state index contributed by atoms with van der Waals surface area (Å²) in [5, 5.41) is -0.455. The van der Waals surface area contributed by atoms with Gasteiger partial charge in [-0.15, -0.1) is 6.58 Å². The lowest BCUT2D eigenvalue weighted by molar-refractivity contribution is 0.114. The summed E-state index contributed by atoms with van der Waals surface area (Å²) >= 11 is 5.35. The number of amides is 1. The van der Waals surface area contributed by atoms with Gasteiger partial charge in [0.25, 0.3) is 0 Å². The molecule has 0 unspecified atom stereocenters. The maximum atomic E-state index is 10.8. The predicted molar refractivity (Wildman–Crippen MR) is 58.7 cm³/mol. The number of carbonyl (C=O) groups excluding carboxylic acids is 1. The Bertz CT molecular complexity index is 174. The normalized spacial score (nSPS) is 9.86. The molecule has 4 heteroatoms. The molecule has 3 nitrogen and oxygen atoms in total. The van der Waals surface area contributed by atoms with Gasteiger partial charge >= 0.3 is 5.37 Å². The van der Waals surface area contributed by atoms with E-state index in [1.807, 2.05) is 0 Å². The first-order valence-electron chi connectivity index (χ1n) is 4.85. The van der Waals surface area contributed by atoms with Crippen molar-refractivity contribution < 1.29 is 9.53 Å². The van der Waals surface area contributed by atoms with Crippen molar-refractivity contribution in [3.63, 3.8) is 0 Å². The first kappa shape index (κ1) is 13.5. The van der Waals surface area contributed by atoms with E-state index in [4.69, 9.17) is 16.3 Å². The molecule has 0 aliphatic carbocycles. The van der Waals surface area contributed by atoms with Crippen molar-refractivity contribution in [3.8, 4) is 0 Å². The molecule has 0 heterocycles. The summed E-state index contributed by atoms with van der Waals surface area (Å²) < 4.78 is 5.31. The molecule has 1 amide bonds. The number of hydrogen-bond donors (Lipinski definition) is 0. The van der Waals surface area contributed by atoms with E-state index in [2.05, 4.69) is 13.5 Å². The van der Waals surface area contributed by atoms with E-state index in [0.29, 0.717) is 19.7 Å². The van der Waals surface area contributed by atoms with Crippen molar-refractivity contribution in [3.05, 3.63) is 12.7 Å². The fourth-order valence-corrected chi connectivity index (χ4v) is 1.08. The van der Waals surface area contributed by atoms with E-state index in [0.717, 1.165) is 19.4 Å². The maximum Gasteiger partial charge on any atom is 0.316 e. The van der Waals surface area contributed by atoms with Gasteiger partial charge < -0.3 is 9.64 Å². The van der Waals surface area contributed by atoms with Crippen molar-refractivity contribution in [2.45, 2.75) is 19.8 Å². The number of ether oxygens (including phenoxy) is 1. The zero-order valence-electron chi connectivity index (χ0n) is 8.67. The SMILES string of the molecule is C=CCN(CCOCCCC)C(=O)Cl. The fraction of sp³-hybridized carbons (Fsp3) is 0.700. The van der Waals surface area contributed by atoms with Gasteiger partial charge in [-0.25, -0.2) is 0 Å². The van der Waals surface area contributed by atoms with E-state index < -0.39 is 5.37 Å². The number of hydrogen-bond acceptors (Lipinski definition) is 2. The van der Waals surface area contributed by atoms with Crippen molar-refractivity contribution >= 4 is 17.0 Å². The first-order valence-corrected chi connectivity index (χ1v) is 5.23. The van der Waals surface area contributed by atoms with Crippen LogP contribution in [-0.2, 0) is 4.74 Å². The van der Waals surface area contributed by atoms with Gasteiger partial charge in [-0.2, -0.15) is 0 Å². The van der Waals surface area contributed by atoms with E-state index in [-0.39, 0.29) is 0 Å². The van der Waals surface area contributed by atoms with Crippen LogP contribution in [0.2, 0.25) is 0 Å². The summed E-state index contributed by atoms with van der Waals surface area (Å²) in [4.78, 5) is 12.3. The molecule has 0 atom stereocenters. The Morgan fingerprint density at radius 1 is 1.57 bits per heavy atom. The molecule has 0 aromatic heterocycles. The molecule has 0 saturated heterocycles. The Balaban J connectivity index is 3.50. The van der Waals surface area contributed by atoms with E-state index in [1.54, 1.807) is 6.08 Å². The lowest BCUT2D eigenvalue weighted by Crippen LogP contribution is -2.30. The van der Waals surface area contributed by atoms with E-state index in [1.165, 1.54) is 4.90 Å². The summed E-state index contributed by atoms with van der Waals surface area (Å²) in [5.74, 6) is 0. The van der Waals surface area contributed by atoms with Gasteiger partial charge in [0.1, 0.15) is 0 Å². The topological polar surface area (TPSA) is 29.5 Å². The summed E-state index contributed by atoms with van der Waals surface area (Å²) in [7, 11) is 0. The minimum atomic E-state index is -0.455. The van der Waals surface area contributed by atoms with Crippen LogP contribution in [0.4, 0.5) is 4.79 Å². The Kier molecular flexibility index (Phi) is 8.68. The van der Waals surface area contributed by atoms with Gasteiger partial charge in [0.2, 0.25) is 0 Å². The van der Waals surface area contributed by atoms with Gasteiger partial charge in [-0.05, 0) is 18.0 Å². The van der Waals surface area contributed by atoms with Crippen LogP contribution in [0.15, 0.2) is 12.7 Å². The highest BCUT2D eigenvalue weighted by atomic mass is 35.5. The average molecular weight is 220 g/mol. The van der Waals surface area contributed by atoms with Crippen LogP contribution in [0, 0.1) is 0 Å². The Morgan fingerprint density at radius 3 is 2.79 bits per heavy atom. The minimum absolute atomic E-state index is 0.455. The second-order valence-corrected chi connectivity index (χ2v) is 3.28. The van der Waals surface area contributed by atoms with Crippen LogP contribution in [0.25, 0.3) is 0 Å². The second-order valence-electron chi connectivity index (χ2n) is 2.95. The maximum absolute atomic E-state index is 10.8. The van der Waals surface area contributed by atoms with Gasteiger partial charge in [0, 0.05) is 19.7 Å². The van der Waals surface area contributed by atoms with Crippen LogP contribution in [0.5, 0.6) is 0 Å². The van der Waals surface area contributed by atoms with Crippen molar-refractivity contribution in [1.29, 1.82) is 0 Å². The molecule has 0 saturated carbocycles. The van der Waals surface area contributed by atoms with Crippen LogP contribution in [0.3, 0.4) is 0 Å². The molecule has 14 heavy (non-hydrogen) atoms. The van der Waals surface area contributed by atoms with E-state index >= 15 is 0 Å². The largest absolute Gasteiger partial charge is 0.380 e. The van der Waals surface area contributed by atoms with Gasteiger partial charge in [-0.3, -0.25) is 4.79 Å². The van der Waals surface area contributed by atoms with Crippen molar-refractivity contribution in [2.24, 2.45) is 0 Å². The number of rotatable bonds is 8. The lowest BCUT2D eigenvalue weighted by atomic mass is 10.4. The van der Waals surface area contributed by atoms with Crippen molar-refractivity contribution in [1.82, 2.24) is 4.90 Å². The fourth-order valence-electron chi connectivity index (χ4n) is 0.930. The van der Waals surface area contributed by atoms with Crippen LogP contribution in [0.1, 0.15) is 19.8 Å². The van der Waals surface area contributed by atoms with E-state index in [9.17, 15) is 4.79 Å². The first-order chi connectivity index (χ1) is 6.72. The zero-order valence-corrected chi connectivity index (χ0v) is 9.42. The Hall–Kier alpha value is -0.540. The summed E-state index contributed by atoms with van der Waals surface area (Å²) in [5.41, 5.74) is 0. The highest BCUT2D eigenvalue weighted by Crippen LogP contribution is 1.97. The highest BCUT2D eigenvalue weighted by molar-refractivity contribution is 6.62. The zero-order chi connectivity index (χ0) is 10.8. The summed E-state index contributed by atoms with van der Waals surface area (Å²) in [6.07, 6.45) is 3.81. The summed E-state index contributed by atoms with van der Waals surface area (Å²) in [6, 6.07) is 0. The monoisotopic (exact) mass is 219 g/mol. The number of unbranched alkanes of at least 4 members (excludes halogenated alkanes) is 1. The molecule has 0 aromatic rings. The third kappa shape index (κ3) is 6.92. The third-order valence-electron chi connectivity index (χ3n) is 1.75. The molecule has 0 N–H and O–H groups in total. The molecule has 0 aromatic carbocycles. The molecule has 0 spiro atoms. The van der Waals surface area contributed by atoms with Gasteiger partial charge in [0.15, 0.2) is 0 Å². The highest BCUT2D eigenvalue weighted by Gasteiger charge is 2.07. The molecular weight excluding hydrogens is 202 g/mol. The Labute approximate surface area is 90.7 Å². The predicted octanol–water partition coefficient (Wildman–Crippen LogP) is 2.65. The van der Waals surface area contributed by atoms with Gasteiger partial charge in [-0.1, -0.05) is 19.4 Å². The number of nitrogens with zero attached hydrogens (tertiary/aromatic N) is 1. The molecule has 0 bridgehead atoms. The molecule has 0 aliphatic heterocycles. The molecule has 0 fully saturated rings. The Morgan fingerprint density at radius 2 is 2.29 bits per heavy atom. The molecule has 82 valence electrons. The smallest absolute Gasteiger partial charge is 0.316 e. The number of halogens is 1. The summed E-state index contributed by atoms with van der Waals surface area (Å²) in [6.45, 7) is 7.93. The van der Waals surface area contributed by atoms with Crippen LogP contribution < -0.4 is 0 Å². The molecule has 0 rings (SSSR count). The minimum Gasteiger partial charge on any atom is -0.380 e. The molecular formula is C10H18ClNO2. The molecule has 0 radical (unpaired) electrons. The van der Waals surface area contributed by atoms with Crippen LogP contribution >= 0.6 is 11.6 Å². The quantitative estimate of drug-likeness (QED) is 0.272. The van der Waals surface area contributed by atoms with Gasteiger partial charge in [0.05, 0.1) is 6.61 Å². The standard InChI is InChI=1S/C10H18ClNO2/c1-3-5-8-14-9-7-12(6-4-2)10(11)13/h4H,2-3,5-9H2,1H3. The average Bonchev–Trinajstić information content (AvgIpc) is 2.15. The van der Waals surface area contributed by atoms with Crippen molar-refractivity contribution in [2.75, 3.05) is 26.3 Å². The molecule has 0 aliphatic rings. The van der Waals surface area contributed by atoms with Crippen LogP contribution in [-0.4, -0.2) is 36.6 Å². The lowest BCUT2D eigenvalue weighted by Gasteiger charge is -2.17. The number of carbonyl (C=O) groups is 1. The second kappa shape index (κ2) is 9.03. The third-order valence-corrected chi connectivity index (χ3v) is 1.98.